The van der Waals surface area contributed by atoms with Gasteiger partial charge < -0.3 is 4.74 Å². The van der Waals surface area contributed by atoms with Gasteiger partial charge in [0.1, 0.15) is 0 Å². The Bertz CT molecular complexity index is 612. The Morgan fingerprint density at radius 3 is 2.62 bits per heavy atom. The normalized spacial score (nSPS) is 17.8. The highest BCUT2D eigenvalue weighted by Crippen LogP contribution is 2.52. The molecule has 0 heterocycles. The van der Waals surface area contributed by atoms with Gasteiger partial charge in [-0.3, -0.25) is 9.59 Å². The van der Waals surface area contributed by atoms with Crippen LogP contribution in [0.15, 0.2) is 28.7 Å². The van der Waals surface area contributed by atoms with Gasteiger partial charge in [-0.05, 0) is 55.7 Å². The van der Waals surface area contributed by atoms with Gasteiger partial charge in [-0.1, -0.05) is 46.2 Å². The van der Waals surface area contributed by atoms with Gasteiger partial charge in [0.2, 0.25) is 0 Å². The maximum absolute atomic E-state index is 12.4. The topological polar surface area (TPSA) is 43.4 Å². The highest BCUT2D eigenvalue weighted by Gasteiger charge is 2.43. The zero-order valence-corrected chi connectivity index (χ0v) is 17.0. The van der Waals surface area contributed by atoms with Crippen LogP contribution in [-0.4, -0.2) is 23.9 Å². The number of methoxy groups -OCH3 is 1. The molecule has 0 radical (unpaired) electrons. The zero-order chi connectivity index (χ0) is 17.8. The van der Waals surface area contributed by atoms with Crippen molar-refractivity contribution in [2.24, 2.45) is 5.41 Å². The molecule has 0 aliphatic heterocycles. The molecule has 3 nitrogen and oxygen atoms in total. The third kappa shape index (κ3) is 4.85. The van der Waals surface area contributed by atoms with Gasteiger partial charge >= 0.3 is 5.97 Å². The Hall–Kier alpha value is -0.810. The minimum absolute atomic E-state index is 0.190. The highest BCUT2D eigenvalue weighted by atomic mass is 79.9. The monoisotopic (exact) mass is 412 g/mol. The van der Waals surface area contributed by atoms with Gasteiger partial charge in [-0.15, -0.1) is 0 Å². The summed E-state index contributed by atoms with van der Waals surface area (Å²) in [6.45, 7) is 3.59. The summed E-state index contributed by atoms with van der Waals surface area (Å²) in [6, 6.07) is 7.89. The van der Waals surface area contributed by atoms with Crippen LogP contribution in [0.1, 0.15) is 51.5 Å². The summed E-state index contributed by atoms with van der Waals surface area (Å²) in [5, 5.41) is 0.190. The quantitative estimate of drug-likeness (QED) is 0.556. The molecule has 1 fully saturated rings. The summed E-state index contributed by atoms with van der Waals surface area (Å²) in [6.07, 6.45) is 5.16. The second kappa shape index (κ2) is 8.05. The first kappa shape index (κ1) is 19.5. The molecule has 1 aliphatic rings. The molecule has 0 amide bonds. The van der Waals surface area contributed by atoms with Gasteiger partial charge in [0.25, 0.3) is 0 Å². The average molecular weight is 413 g/mol. The van der Waals surface area contributed by atoms with Crippen molar-refractivity contribution in [2.75, 3.05) is 12.9 Å². The zero-order valence-electron chi connectivity index (χ0n) is 14.6. The Labute approximate surface area is 157 Å². The van der Waals surface area contributed by atoms with E-state index in [1.807, 2.05) is 31.2 Å². The number of rotatable bonds is 8. The van der Waals surface area contributed by atoms with Gasteiger partial charge in [0, 0.05) is 17.1 Å². The van der Waals surface area contributed by atoms with E-state index in [1.54, 1.807) is 6.92 Å². The van der Waals surface area contributed by atoms with Crippen molar-refractivity contribution in [2.45, 2.75) is 51.4 Å². The number of thioether (sulfide) groups is 1. The summed E-state index contributed by atoms with van der Waals surface area (Å²) in [4.78, 5) is 23.6. The molecule has 0 saturated heterocycles. The lowest BCUT2D eigenvalue weighted by atomic mass is 9.77. The molecule has 0 bridgehead atoms. The largest absolute Gasteiger partial charge is 0.468 e. The molecular weight excluding hydrogens is 388 g/mol. The fraction of sp³-hybridized carbons (Fsp3) is 0.579. The second-order valence-electron chi connectivity index (χ2n) is 6.97. The standard InChI is InChI=1S/C19H25BrO3S/c1-14(21)24-13-19(10-11-19)9-5-8-18(2,17(22)23-3)15-6-4-7-16(20)12-15/h4,6-7,12H,5,8-11,13H2,1-3H3. The molecule has 0 N–H and O–H groups in total. The molecule has 0 aromatic heterocycles. The van der Waals surface area contributed by atoms with Crippen LogP contribution in [0.2, 0.25) is 0 Å². The Morgan fingerprint density at radius 2 is 2.08 bits per heavy atom. The van der Waals surface area contributed by atoms with Crippen LogP contribution in [0.5, 0.6) is 0 Å². The third-order valence-electron chi connectivity index (χ3n) is 5.02. The number of hydrogen-bond acceptors (Lipinski definition) is 4. The molecule has 1 aromatic carbocycles. The lowest BCUT2D eigenvalue weighted by Crippen LogP contribution is -2.34. The molecular formula is C19H25BrO3S. The number of ether oxygens (including phenoxy) is 1. The van der Waals surface area contributed by atoms with E-state index in [2.05, 4.69) is 15.9 Å². The fourth-order valence-electron chi connectivity index (χ4n) is 3.14. The van der Waals surface area contributed by atoms with E-state index in [0.717, 1.165) is 35.1 Å². The van der Waals surface area contributed by atoms with Crippen molar-refractivity contribution in [3.63, 3.8) is 0 Å². The molecule has 1 aliphatic carbocycles. The minimum atomic E-state index is -0.637. The molecule has 1 aromatic rings. The fourth-order valence-corrected chi connectivity index (χ4v) is 4.48. The summed E-state index contributed by atoms with van der Waals surface area (Å²) in [5.41, 5.74) is 0.652. The van der Waals surface area contributed by atoms with Crippen molar-refractivity contribution in [1.82, 2.24) is 0 Å². The number of halogens is 1. The summed E-state index contributed by atoms with van der Waals surface area (Å²) in [5.74, 6) is 0.720. The maximum Gasteiger partial charge on any atom is 0.315 e. The van der Waals surface area contributed by atoms with E-state index in [4.69, 9.17) is 4.74 Å². The summed E-state index contributed by atoms with van der Waals surface area (Å²) >= 11 is 4.91. The molecule has 5 heteroatoms. The van der Waals surface area contributed by atoms with Crippen LogP contribution in [0.3, 0.4) is 0 Å². The van der Waals surface area contributed by atoms with E-state index >= 15 is 0 Å². The first-order valence-electron chi connectivity index (χ1n) is 8.29. The summed E-state index contributed by atoms with van der Waals surface area (Å²) < 4.78 is 6.05. The Morgan fingerprint density at radius 1 is 1.38 bits per heavy atom. The minimum Gasteiger partial charge on any atom is -0.468 e. The number of esters is 1. The van der Waals surface area contributed by atoms with Crippen LogP contribution in [-0.2, 0) is 19.7 Å². The van der Waals surface area contributed by atoms with E-state index in [-0.39, 0.29) is 11.1 Å². The van der Waals surface area contributed by atoms with E-state index in [1.165, 1.54) is 31.7 Å². The van der Waals surface area contributed by atoms with E-state index < -0.39 is 5.41 Å². The Kier molecular flexibility index (Phi) is 6.54. The molecule has 24 heavy (non-hydrogen) atoms. The predicted octanol–water partition coefficient (Wildman–Crippen LogP) is 5.11. The molecule has 0 spiro atoms. The number of carbonyl (C=O) groups excluding carboxylic acids is 2. The molecule has 1 unspecified atom stereocenters. The van der Waals surface area contributed by atoms with Gasteiger partial charge in [-0.25, -0.2) is 0 Å². The summed E-state index contributed by atoms with van der Waals surface area (Å²) in [7, 11) is 1.45. The number of benzene rings is 1. The highest BCUT2D eigenvalue weighted by molar-refractivity contribution is 9.10. The number of hydrogen-bond donors (Lipinski definition) is 0. The number of carbonyl (C=O) groups is 2. The molecule has 1 saturated carbocycles. The van der Waals surface area contributed by atoms with Crippen molar-refractivity contribution in [3.05, 3.63) is 34.3 Å². The van der Waals surface area contributed by atoms with Gasteiger partial charge in [0.15, 0.2) is 5.12 Å². The van der Waals surface area contributed by atoms with Crippen LogP contribution in [0, 0.1) is 5.41 Å². The van der Waals surface area contributed by atoms with Crippen molar-refractivity contribution < 1.29 is 14.3 Å². The Balaban J connectivity index is 2.02. The van der Waals surface area contributed by atoms with Crippen LogP contribution >= 0.6 is 27.7 Å². The third-order valence-corrected chi connectivity index (χ3v) is 6.68. The van der Waals surface area contributed by atoms with Gasteiger partial charge in [0.05, 0.1) is 12.5 Å². The maximum atomic E-state index is 12.4. The molecule has 2 rings (SSSR count). The first-order chi connectivity index (χ1) is 11.3. The van der Waals surface area contributed by atoms with E-state index in [9.17, 15) is 9.59 Å². The van der Waals surface area contributed by atoms with Crippen molar-refractivity contribution >= 4 is 38.8 Å². The predicted molar refractivity (Wildman–Crippen MR) is 102 cm³/mol. The average Bonchev–Trinajstić information content (AvgIpc) is 3.32. The van der Waals surface area contributed by atoms with E-state index in [0.29, 0.717) is 5.41 Å². The van der Waals surface area contributed by atoms with Crippen LogP contribution < -0.4 is 0 Å². The molecule has 132 valence electrons. The lowest BCUT2D eigenvalue weighted by Gasteiger charge is -2.28. The smallest absolute Gasteiger partial charge is 0.315 e. The lowest BCUT2D eigenvalue weighted by molar-refractivity contribution is -0.147. The van der Waals surface area contributed by atoms with Gasteiger partial charge in [-0.2, -0.15) is 0 Å². The van der Waals surface area contributed by atoms with Crippen LogP contribution in [0.4, 0.5) is 0 Å². The second-order valence-corrected chi connectivity index (χ2v) is 9.04. The molecule has 1 atom stereocenters. The van der Waals surface area contributed by atoms with Crippen molar-refractivity contribution in [3.8, 4) is 0 Å². The first-order valence-corrected chi connectivity index (χ1v) is 10.1. The SMILES string of the molecule is COC(=O)C(C)(CCCC1(CSC(C)=O)CC1)c1cccc(Br)c1. The van der Waals surface area contributed by atoms with Crippen molar-refractivity contribution in [1.29, 1.82) is 0 Å². The van der Waals surface area contributed by atoms with Crippen LogP contribution in [0.25, 0.3) is 0 Å².